The second-order valence-corrected chi connectivity index (χ2v) is 5.20. The fraction of sp³-hybridized carbons (Fsp3) is 0.600. The van der Waals surface area contributed by atoms with Gasteiger partial charge in [0.05, 0.1) is 0 Å². The van der Waals surface area contributed by atoms with Gasteiger partial charge < -0.3 is 10.5 Å². The van der Waals surface area contributed by atoms with Crippen LogP contribution in [0.4, 0.5) is 13.2 Å². The van der Waals surface area contributed by atoms with Crippen molar-refractivity contribution >= 4 is 0 Å². The van der Waals surface area contributed by atoms with Gasteiger partial charge in [-0.15, -0.1) is 13.2 Å². The molecule has 1 aromatic rings. The first-order valence-electron chi connectivity index (χ1n) is 7.10. The molecule has 21 heavy (non-hydrogen) atoms. The molecule has 3 nitrogen and oxygen atoms in total. The molecule has 0 amide bonds. The van der Waals surface area contributed by atoms with Crippen LogP contribution in [0.2, 0.25) is 0 Å². The van der Waals surface area contributed by atoms with Gasteiger partial charge in [0.25, 0.3) is 0 Å². The van der Waals surface area contributed by atoms with Crippen molar-refractivity contribution in [1.82, 2.24) is 4.90 Å². The highest BCUT2D eigenvalue weighted by molar-refractivity contribution is 5.29. The van der Waals surface area contributed by atoms with E-state index in [-0.39, 0.29) is 11.8 Å². The van der Waals surface area contributed by atoms with E-state index in [0.29, 0.717) is 12.6 Å². The van der Waals surface area contributed by atoms with Crippen molar-refractivity contribution < 1.29 is 17.9 Å². The zero-order valence-corrected chi connectivity index (χ0v) is 12.7. The van der Waals surface area contributed by atoms with E-state index in [0.717, 1.165) is 18.5 Å². The zero-order chi connectivity index (χ0) is 16.0. The Bertz CT molecular complexity index is 418. The molecule has 0 aliphatic carbocycles. The fourth-order valence-corrected chi connectivity index (χ4v) is 2.39. The Morgan fingerprint density at radius 3 is 2.14 bits per heavy atom. The third kappa shape index (κ3) is 5.55. The Labute approximate surface area is 123 Å². The van der Waals surface area contributed by atoms with Crippen molar-refractivity contribution in [3.63, 3.8) is 0 Å². The lowest BCUT2D eigenvalue weighted by Gasteiger charge is -2.34. The molecule has 2 N–H and O–H groups in total. The molecule has 1 unspecified atom stereocenters. The van der Waals surface area contributed by atoms with Crippen molar-refractivity contribution in [2.24, 2.45) is 5.73 Å². The number of rotatable bonds is 7. The lowest BCUT2D eigenvalue weighted by Crippen LogP contribution is -2.39. The minimum Gasteiger partial charge on any atom is -0.406 e. The Balaban J connectivity index is 2.90. The Kier molecular flexibility index (Phi) is 6.48. The molecule has 0 saturated carbocycles. The SMILES string of the molecule is CCCN(C(C)C)C(CN)c1ccc(OC(F)(F)F)cc1. The summed E-state index contributed by atoms with van der Waals surface area (Å²) < 4.78 is 40.3. The van der Waals surface area contributed by atoms with Crippen molar-refractivity contribution in [2.45, 2.75) is 45.6 Å². The molecule has 6 heteroatoms. The summed E-state index contributed by atoms with van der Waals surface area (Å²) in [5.74, 6) is -0.214. The molecular weight excluding hydrogens is 281 g/mol. The summed E-state index contributed by atoms with van der Waals surface area (Å²) >= 11 is 0. The van der Waals surface area contributed by atoms with E-state index in [1.807, 2.05) is 0 Å². The minimum atomic E-state index is -4.67. The minimum absolute atomic E-state index is 0.00936. The average molecular weight is 304 g/mol. The molecule has 0 heterocycles. The summed E-state index contributed by atoms with van der Waals surface area (Å²) in [7, 11) is 0. The summed E-state index contributed by atoms with van der Waals surface area (Å²) in [6.07, 6.45) is -3.68. The lowest BCUT2D eigenvalue weighted by molar-refractivity contribution is -0.274. The van der Waals surface area contributed by atoms with Gasteiger partial charge >= 0.3 is 6.36 Å². The number of nitrogens with zero attached hydrogens (tertiary/aromatic N) is 1. The Hall–Kier alpha value is -1.27. The number of hydrogen-bond donors (Lipinski definition) is 1. The van der Waals surface area contributed by atoms with Crippen LogP contribution in [-0.2, 0) is 0 Å². The second-order valence-electron chi connectivity index (χ2n) is 5.20. The molecule has 120 valence electrons. The van der Waals surface area contributed by atoms with Gasteiger partial charge in [0.1, 0.15) is 5.75 Å². The number of halogens is 3. The predicted molar refractivity (Wildman–Crippen MR) is 77.1 cm³/mol. The number of ether oxygens (including phenoxy) is 1. The average Bonchev–Trinajstić information content (AvgIpc) is 2.38. The summed E-state index contributed by atoms with van der Waals surface area (Å²) in [6.45, 7) is 7.56. The van der Waals surface area contributed by atoms with Gasteiger partial charge in [0.15, 0.2) is 0 Å². The number of hydrogen-bond acceptors (Lipinski definition) is 3. The highest BCUT2D eigenvalue weighted by Gasteiger charge is 2.31. The summed E-state index contributed by atoms with van der Waals surface area (Å²) in [6, 6.07) is 6.24. The van der Waals surface area contributed by atoms with Crippen molar-refractivity contribution in [1.29, 1.82) is 0 Å². The summed E-state index contributed by atoms with van der Waals surface area (Å²) in [5, 5.41) is 0. The third-order valence-electron chi connectivity index (χ3n) is 3.27. The highest BCUT2D eigenvalue weighted by atomic mass is 19.4. The van der Waals surface area contributed by atoms with Crippen LogP contribution < -0.4 is 10.5 Å². The third-order valence-corrected chi connectivity index (χ3v) is 3.27. The van der Waals surface area contributed by atoms with E-state index in [2.05, 4.69) is 30.4 Å². The van der Waals surface area contributed by atoms with Crippen molar-refractivity contribution in [3.05, 3.63) is 29.8 Å². The topological polar surface area (TPSA) is 38.5 Å². The van der Waals surface area contributed by atoms with Crippen LogP contribution >= 0.6 is 0 Å². The van der Waals surface area contributed by atoms with E-state index in [9.17, 15) is 13.2 Å². The second kappa shape index (κ2) is 7.66. The molecule has 0 saturated heterocycles. The molecule has 0 radical (unpaired) electrons. The van der Waals surface area contributed by atoms with Crippen LogP contribution in [0, 0.1) is 0 Å². The molecule has 0 aromatic heterocycles. The molecular formula is C15H23F3N2O. The monoisotopic (exact) mass is 304 g/mol. The summed E-state index contributed by atoms with van der Waals surface area (Å²) in [4.78, 5) is 2.25. The van der Waals surface area contributed by atoms with E-state index < -0.39 is 6.36 Å². The van der Waals surface area contributed by atoms with E-state index in [1.165, 1.54) is 12.1 Å². The Morgan fingerprint density at radius 1 is 1.19 bits per heavy atom. The first-order valence-corrected chi connectivity index (χ1v) is 7.10. The summed E-state index contributed by atoms with van der Waals surface area (Å²) in [5.41, 5.74) is 6.76. The molecule has 0 aliphatic heterocycles. The van der Waals surface area contributed by atoms with Gasteiger partial charge in [0, 0.05) is 18.6 Å². The highest BCUT2D eigenvalue weighted by Crippen LogP contribution is 2.27. The maximum absolute atomic E-state index is 12.2. The standard InChI is InChI=1S/C15H23F3N2O/c1-4-9-20(11(2)3)14(10-19)12-5-7-13(8-6-12)21-15(16,17)18/h5-8,11,14H,4,9-10,19H2,1-3H3. The first kappa shape index (κ1) is 17.8. The molecule has 0 spiro atoms. The van der Waals surface area contributed by atoms with Crippen LogP contribution in [0.15, 0.2) is 24.3 Å². The maximum Gasteiger partial charge on any atom is 0.573 e. The van der Waals surface area contributed by atoms with Gasteiger partial charge in [-0.05, 0) is 44.5 Å². The number of nitrogens with two attached hydrogens (primary N) is 1. The van der Waals surface area contributed by atoms with Crippen molar-refractivity contribution in [3.8, 4) is 5.75 Å². The van der Waals surface area contributed by atoms with Gasteiger partial charge in [-0.1, -0.05) is 19.1 Å². The molecule has 0 aliphatic rings. The normalized spacial score (nSPS) is 13.8. The quantitative estimate of drug-likeness (QED) is 0.834. The first-order chi connectivity index (χ1) is 9.78. The van der Waals surface area contributed by atoms with E-state index >= 15 is 0 Å². The number of benzene rings is 1. The smallest absolute Gasteiger partial charge is 0.406 e. The van der Waals surface area contributed by atoms with Crippen LogP contribution in [0.25, 0.3) is 0 Å². The van der Waals surface area contributed by atoms with Crippen LogP contribution in [0.3, 0.4) is 0 Å². The lowest BCUT2D eigenvalue weighted by atomic mass is 10.0. The van der Waals surface area contributed by atoms with Crippen LogP contribution in [0.5, 0.6) is 5.75 Å². The Morgan fingerprint density at radius 2 is 1.76 bits per heavy atom. The van der Waals surface area contributed by atoms with Gasteiger partial charge in [-0.25, -0.2) is 0 Å². The van der Waals surface area contributed by atoms with Gasteiger partial charge in [0.2, 0.25) is 0 Å². The fourth-order valence-electron chi connectivity index (χ4n) is 2.39. The maximum atomic E-state index is 12.2. The molecule has 0 fully saturated rings. The molecule has 1 atom stereocenters. The van der Waals surface area contributed by atoms with Gasteiger partial charge in [-0.2, -0.15) is 0 Å². The number of alkyl halides is 3. The molecule has 1 aromatic carbocycles. The molecule has 1 rings (SSSR count). The van der Waals surface area contributed by atoms with E-state index in [4.69, 9.17) is 5.73 Å². The molecule has 0 bridgehead atoms. The largest absolute Gasteiger partial charge is 0.573 e. The van der Waals surface area contributed by atoms with Gasteiger partial charge in [-0.3, -0.25) is 4.90 Å². The van der Waals surface area contributed by atoms with Crippen molar-refractivity contribution in [2.75, 3.05) is 13.1 Å². The van der Waals surface area contributed by atoms with E-state index in [1.54, 1.807) is 12.1 Å². The van der Waals surface area contributed by atoms with Crippen LogP contribution in [-0.4, -0.2) is 30.4 Å². The van der Waals surface area contributed by atoms with Crippen LogP contribution in [0.1, 0.15) is 38.8 Å². The zero-order valence-electron chi connectivity index (χ0n) is 12.7. The predicted octanol–water partition coefficient (Wildman–Crippen LogP) is 3.71.